The van der Waals surface area contributed by atoms with Crippen molar-refractivity contribution in [1.82, 2.24) is 19.9 Å². The number of carbonyl (C=O) groups is 1. The minimum Gasteiger partial charge on any atom is -0.445 e. The third-order valence-electron chi connectivity index (χ3n) is 4.92. The summed E-state index contributed by atoms with van der Waals surface area (Å²) >= 11 is 0. The van der Waals surface area contributed by atoms with E-state index in [0.29, 0.717) is 31.1 Å². The first-order chi connectivity index (χ1) is 13.6. The van der Waals surface area contributed by atoms with Crippen molar-refractivity contribution in [3.05, 3.63) is 77.3 Å². The van der Waals surface area contributed by atoms with Crippen LogP contribution in [0.25, 0.3) is 0 Å². The van der Waals surface area contributed by atoms with E-state index >= 15 is 0 Å². The van der Waals surface area contributed by atoms with Gasteiger partial charge in [-0.3, -0.25) is 9.78 Å². The highest BCUT2D eigenvalue weighted by Gasteiger charge is 2.29. The average Bonchev–Trinajstić information content (AvgIpc) is 3.18. The first kappa shape index (κ1) is 18.3. The molecule has 0 saturated carbocycles. The Morgan fingerprint density at radius 3 is 2.75 bits per heavy atom. The number of aromatic nitrogens is 3. The van der Waals surface area contributed by atoms with Crippen LogP contribution in [-0.2, 0) is 6.42 Å². The Balaban J connectivity index is 1.43. The Labute approximate surface area is 162 Å². The fraction of sp³-hybridized carbons (Fsp3) is 0.333. The molecule has 0 spiro atoms. The van der Waals surface area contributed by atoms with Crippen LogP contribution < -0.4 is 0 Å². The average molecular weight is 380 g/mol. The van der Waals surface area contributed by atoms with Crippen molar-refractivity contribution in [2.24, 2.45) is 0 Å². The van der Waals surface area contributed by atoms with Crippen LogP contribution in [0.1, 0.15) is 52.2 Å². The van der Waals surface area contributed by atoms with Crippen LogP contribution in [0.3, 0.4) is 0 Å². The molecule has 1 aromatic carbocycles. The smallest absolute Gasteiger partial charge is 0.274 e. The van der Waals surface area contributed by atoms with Crippen LogP contribution in [0.4, 0.5) is 4.39 Å². The molecule has 1 fully saturated rings. The normalized spacial score (nSPS) is 16.9. The molecular weight excluding hydrogens is 359 g/mol. The van der Waals surface area contributed by atoms with Crippen molar-refractivity contribution >= 4 is 5.91 Å². The number of oxazole rings is 1. The fourth-order valence-electron chi connectivity index (χ4n) is 3.42. The Morgan fingerprint density at radius 1 is 1.18 bits per heavy atom. The van der Waals surface area contributed by atoms with E-state index in [-0.39, 0.29) is 17.6 Å². The summed E-state index contributed by atoms with van der Waals surface area (Å²) in [5, 5.41) is 0. The minimum atomic E-state index is -0.257. The van der Waals surface area contributed by atoms with Gasteiger partial charge >= 0.3 is 0 Å². The highest BCUT2D eigenvalue weighted by atomic mass is 19.1. The van der Waals surface area contributed by atoms with Gasteiger partial charge in [-0.25, -0.2) is 14.4 Å². The van der Waals surface area contributed by atoms with Crippen molar-refractivity contribution in [2.75, 3.05) is 13.1 Å². The van der Waals surface area contributed by atoms with Crippen LogP contribution in [-0.4, -0.2) is 38.8 Å². The van der Waals surface area contributed by atoms with Crippen LogP contribution in [0.2, 0.25) is 0 Å². The maximum Gasteiger partial charge on any atom is 0.274 e. The molecule has 3 heterocycles. The van der Waals surface area contributed by atoms with Gasteiger partial charge in [0.05, 0.1) is 24.0 Å². The Kier molecular flexibility index (Phi) is 5.14. The number of benzene rings is 1. The van der Waals surface area contributed by atoms with E-state index in [1.165, 1.54) is 18.3 Å². The van der Waals surface area contributed by atoms with Gasteiger partial charge in [0.2, 0.25) is 0 Å². The number of carbonyl (C=O) groups excluding carboxylic acids is 1. The molecule has 0 bridgehead atoms. The zero-order valence-electron chi connectivity index (χ0n) is 15.6. The number of halogens is 1. The minimum absolute atomic E-state index is 0.0538. The predicted octanol–water partition coefficient (Wildman–Crippen LogP) is 3.52. The molecule has 2 aromatic heterocycles. The van der Waals surface area contributed by atoms with E-state index < -0.39 is 0 Å². The summed E-state index contributed by atoms with van der Waals surface area (Å²) in [4.78, 5) is 27.3. The summed E-state index contributed by atoms with van der Waals surface area (Å²) in [7, 11) is 0. The predicted molar refractivity (Wildman–Crippen MR) is 100 cm³/mol. The second-order valence-electron chi connectivity index (χ2n) is 7.10. The molecule has 144 valence electrons. The number of likely N-dealkylation sites (tertiary alicyclic amines) is 1. The highest BCUT2D eigenvalue weighted by Crippen LogP contribution is 2.28. The molecule has 1 aliphatic rings. The molecule has 3 aromatic rings. The topological polar surface area (TPSA) is 72.1 Å². The van der Waals surface area contributed by atoms with Gasteiger partial charge in [-0.15, -0.1) is 0 Å². The van der Waals surface area contributed by atoms with Gasteiger partial charge in [0.25, 0.3) is 5.91 Å². The van der Waals surface area contributed by atoms with Gasteiger partial charge in [-0.05, 0) is 37.5 Å². The first-order valence-corrected chi connectivity index (χ1v) is 9.35. The molecule has 0 radical (unpaired) electrons. The zero-order chi connectivity index (χ0) is 19.5. The van der Waals surface area contributed by atoms with Crippen LogP contribution in [0, 0.1) is 12.7 Å². The molecule has 6 nitrogen and oxygen atoms in total. The first-order valence-electron chi connectivity index (χ1n) is 9.35. The molecule has 1 unspecified atom stereocenters. The van der Waals surface area contributed by atoms with Gasteiger partial charge in [-0.2, -0.15) is 0 Å². The maximum absolute atomic E-state index is 13.0. The zero-order valence-corrected chi connectivity index (χ0v) is 15.6. The molecule has 1 amide bonds. The van der Waals surface area contributed by atoms with Crippen molar-refractivity contribution in [3.63, 3.8) is 0 Å². The van der Waals surface area contributed by atoms with Gasteiger partial charge in [-0.1, -0.05) is 12.1 Å². The highest BCUT2D eigenvalue weighted by molar-refractivity contribution is 5.92. The standard InChI is InChI=1S/C21H21FN4O2/c1-14-10-24-19(12-23-14)21(27)26-8-2-3-16(13-26)20-25-11-18(28-20)9-15-4-6-17(22)7-5-15/h4-7,10-12,16H,2-3,8-9,13H2,1H3. The van der Waals surface area contributed by atoms with Gasteiger partial charge in [0.1, 0.15) is 17.3 Å². The van der Waals surface area contributed by atoms with Crippen molar-refractivity contribution in [3.8, 4) is 0 Å². The molecule has 7 heteroatoms. The van der Waals surface area contributed by atoms with Gasteiger partial charge in [0.15, 0.2) is 5.89 Å². The second kappa shape index (κ2) is 7.88. The number of amides is 1. The molecular formula is C21H21FN4O2. The van der Waals surface area contributed by atoms with Crippen molar-refractivity contribution in [2.45, 2.75) is 32.1 Å². The largest absolute Gasteiger partial charge is 0.445 e. The number of hydrogen-bond donors (Lipinski definition) is 0. The maximum atomic E-state index is 13.0. The van der Waals surface area contributed by atoms with Gasteiger partial charge in [0, 0.05) is 25.7 Å². The number of nitrogens with zero attached hydrogens (tertiary/aromatic N) is 4. The molecule has 1 saturated heterocycles. The summed E-state index contributed by atoms with van der Waals surface area (Å²) in [5.41, 5.74) is 2.10. The Morgan fingerprint density at radius 2 is 2.00 bits per heavy atom. The Hall–Kier alpha value is -3.09. The van der Waals surface area contributed by atoms with E-state index in [9.17, 15) is 9.18 Å². The summed E-state index contributed by atoms with van der Waals surface area (Å²) in [5.74, 6) is 1.06. The van der Waals surface area contributed by atoms with Crippen LogP contribution in [0.15, 0.2) is 47.3 Å². The lowest BCUT2D eigenvalue weighted by Gasteiger charge is -2.31. The van der Waals surface area contributed by atoms with E-state index in [0.717, 1.165) is 29.9 Å². The molecule has 1 atom stereocenters. The lowest BCUT2D eigenvalue weighted by atomic mass is 9.98. The number of aryl methyl sites for hydroxylation is 1. The van der Waals surface area contributed by atoms with Crippen LogP contribution in [0.5, 0.6) is 0 Å². The van der Waals surface area contributed by atoms with E-state index in [1.54, 1.807) is 29.4 Å². The number of hydrogen-bond acceptors (Lipinski definition) is 5. The van der Waals surface area contributed by atoms with Crippen molar-refractivity contribution < 1.29 is 13.6 Å². The van der Waals surface area contributed by atoms with Gasteiger partial charge < -0.3 is 9.32 Å². The molecule has 1 aliphatic heterocycles. The van der Waals surface area contributed by atoms with E-state index in [2.05, 4.69) is 15.0 Å². The Bertz CT molecular complexity index is 953. The summed E-state index contributed by atoms with van der Waals surface area (Å²) < 4.78 is 19.0. The fourth-order valence-corrected chi connectivity index (χ4v) is 3.42. The van der Waals surface area contributed by atoms with E-state index in [1.807, 2.05) is 6.92 Å². The molecule has 28 heavy (non-hydrogen) atoms. The quantitative estimate of drug-likeness (QED) is 0.692. The number of piperidine rings is 1. The molecule has 4 rings (SSSR count). The summed E-state index contributed by atoms with van der Waals surface area (Å²) in [6.45, 7) is 3.07. The lowest BCUT2D eigenvalue weighted by molar-refractivity contribution is 0.0691. The molecule has 0 N–H and O–H groups in total. The summed E-state index contributed by atoms with van der Waals surface area (Å²) in [6, 6.07) is 6.35. The third-order valence-corrected chi connectivity index (χ3v) is 4.92. The van der Waals surface area contributed by atoms with E-state index in [4.69, 9.17) is 4.42 Å². The number of rotatable bonds is 4. The van der Waals surface area contributed by atoms with Crippen LogP contribution >= 0.6 is 0 Å². The molecule has 0 aliphatic carbocycles. The third kappa shape index (κ3) is 4.08. The second-order valence-corrected chi connectivity index (χ2v) is 7.10. The monoisotopic (exact) mass is 380 g/mol. The lowest BCUT2D eigenvalue weighted by Crippen LogP contribution is -2.39. The van der Waals surface area contributed by atoms with Crippen molar-refractivity contribution in [1.29, 1.82) is 0 Å². The SMILES string of the molecule is Cc1cnc(C(=O)N2CCCC(c3ncc(Cc4ccc(F)cc4)o3)C2)cn1. The summed E-state index contributed by atoms with van der Waals surface area (Å²) in [6.07, 6.45) is 7.19.